The number of hydrogen-bond acceptors (Lipinski definition) is 2. The van der Waals surface area contributed by atoms with E-state index in [0.717, 1.165) is 27.9 Å². The van der Waals surface area contributed by atoms with Gasteiger partial charge < -0.3 is 20.7 Å². The van der Waals surface area contributed by atoms with Crippen molar-refractivity contribution in [2.45, 2.75) is 19.4 Å². The summed E-state index contributed by atoms with van der Waals surface area (Å²) in [6.45, 7) is 2.04. The maximum atomic E-state index is 11.4. The minimum atomic E-state index is -0.887. The van der Waals surface area contributed by atoms with Crippen LogP contribution in [0, 0.1) is 0 Å². The summed E-state index contributed by atoms with van der Waals surface area (Å²) in [6.07, 6.45) is 0.379. The van der Waals surface area contributed by atoms with Crippen molar-refractivity contribution in [2.75, 3.05) is 19.7 Å². The molecule has 0 atom stereocenters. The molecule has 0 radical (unpaired) electrons. The second kappa shape index (κ2) is 9.63. The Balaban J connectivity index is 0.00000160. The average molecular weight is 443 g/mol. The quantitative estimate of drug-likeness (QED) is 0.630. The van der Waals surface area contributed by atoms with Gasteiger partial charge >= 0.3 is 35.7 Å². The molecule has 148 valence electrons. The predicted molar refractivity (Wildman–Crippen MR) is 112 cm³/mol. The molecule has 0 saturated carbocycles. The van der Waals surface area contributed by atoms with Crippen LogP contribution in [0.2, 0.25) is 10.0 Å². The Hall–Kier alpha value is -1.37. The normalized spacial score (nSPS) is 13.5. The number of carboxylic acid groups (broad SMARTS) is 1. The maximum absolute atomic E-state index is 11.4. The number of rotatable bonds is 4. The van der Waals surface area contributed by atoms with E-state index in [1.165, 1.54) is 4.90 Å². The molecule has 1 amide bonds. The van der Waals surface area contributed by atoms with Gasteiger partial charge in [0.1, 0.15) is 12.4 Å². The van der Waals surface area contributed by atoms with Crippen molar-refractivity contribution in [1.29, 1.82) is 0 Å². The topological polar surface area (TPSA) is 54.7 Å². The number of amides is 1. The monoisotopic (exact) mass is 442 g/mol. The number of fused-ring (bicyclic) bond motifs is 3. The largest absolute Gasteiger partial charge is 1.00 e. The number of nitrogens with zero attached hydrogens (tertiary/aromatic N) is 2. The summed E-state index contributed by atoms with van der Waals surface area (Å²) < 4.78 is 8.06. The summed E-state index contributed by atoms with van der Waals surface area (Å²) in [6, 6.07) is 13.3. The first kappa shape index (κ1) is 22.3. The zero-order chi connectivity index (χ0) is 19.7. The van der Waals surface area contributed by atoms with Crippen LogP contribution < -0.4 is 34.3 Å². The molecule has 5 nitrogen and oxygen atoms in total. The molecule has 0 fully saturated rings. The molecular weight excluding hydrogens is 422 g/mol. The second-order valence-electron chi connectivity index (χ2n) is 6.79. The number of halogens is 2. The van der Waals surface area contributed by atoms with Crippen molar-refractivity contribution in [2.24, 2.45) is 0 Å². The van der Waals surface area contributed by atoms with Crippen molar-refractivity contribution in [1.82, 2.24) is 9.47 Å². The molecule has 0 bridgehead atoms. The van der Waals surface area contributed by atoms with Gasteiger partial charge in [-0.05, 0) is 36.2 Å². The molecule has 1 N–H and O–H groups in total. The summed E-state index contributed by atoms with van der Waals surface area (Å²) in [4.78, 5) is 12.9. The molecule has 4 rings (SSSR count). The van der Waals surface area contributed by atoms with Crippen molar-refractivity contribution in [3.8, 4) is 5.75 Å². The van der Waals surface area contributed by atoms with Gasteiger partial charge in [-0.1, -0.05) is 41.4 Å². The Bertz CT molecular complexity index is 1030. The van der Waals surface area contributed by atoms with E-state index in [-0.39, 0.29) is 31.0 Å². The molecule has 3 aromatic rings. The molecule has 0 spiro atoms. The van der Waals surface area contributed by atoms with Gasteiger partial charge in [0.15, 0.2) is 0 Å². The van der Waals surface area contributed by atoms with Gasteiger partial charge in [-0.15, -0.1) is 0 Å². The second-order valence-corrected chi connectivity index (χ2v) is 7.63. The Morgan fingerprint density at radius 3 is 2.59 bits per heavy atom. The van der Waals surface area contributed by atoms with Crippen molar-refractivity contribution < 1.29 is 45.6 Å². The summed E-state index contributed by atoms with van der Waals surface area (Å²) >= 11 is 12.8. The summed E-state index contributed by atoms with van der Waals surface area (Å²) in [5.41, 5.74) is 3.20. The Labute approximate surface area is 202 Å². The zero-order valence-corrected chi connectivity index (χ0v) is 19.7. The Morgan fingerprint density at radius 2 is 1.86 bits per heavy atom. The molecule has 1 aliphatic heterocycles. The standard InChI is InChI=1S/C21H20Cl2N2O3.Na.H/c22-14-12-17(23)20-16-6-8-24(21(26)27)9-7-18(16)25(19(20)13-14)10-11-28-15-4-2-1-3-5-15;;/h1-5,12-13H,6-11H2,(H,26,27);;/q;+1;-1. The summed E-state index contributed by atoms with van der Waals surface area (Å²) in [5.74, 6) is 0.818. The Kier molecular flexibility index (Phi) is 7.41. The van der Waals surface area contributed by atoms with Gasteiger partial charge in [0.25, 0.3) is 0 Å². The molecule has 2 aromatic carbocycles. The van der Waals surface area contributed by atoms with E-state index in [2.05, 4.69) is 4.57 Å². The molecular formula is C21H21Cl2N2NaO3. The number of hydrogen-bond donors (Lipinski definition) is 1. The van der Waals surface area contributed by atoms with Gasteiger partial charge in [0, 0.05) is 35.6 Å². The van der Waals surface area contributed by atoms with Gasteiger partial charge in [-0.2, -0.15) is 0 Å². The molecule has 0 unspecified atom stereocenters. The average Bonchev–Trinajstić information content (AvgIpc) is 2.81. The number of ether oxygens (including phenoxy) is 1. The van der Waals surface area contributed by atoms with Crippen LogP contribution in [0.1, 0.15) is 12.7 Å². The van der Waals surface area contributed by atoms with Crippen LogP contribution >= 0.6 is 23.2 Å². The SMILES string of the molecule is O=C(O)N1CCc2c(n(CCOc3ccccc3)c3cc(Cl)cc(Cl)c23)CC1.[H-].[Na+]. The fraction of sp³-hybridized carbons (Fsp3) is 0.286. The van der Waals surface area contributed by atoms with Crippen LogP contribution in [-0.4, -0.2) is 40.4 Å². The van der Waals surface area contributed by atoms with Gasteiger partial charge in [0.05, 0.1) is 17.1 Å². The maximum Gasteiger partial charge on any atom is 1.00 e. The molecule has 0 aliphatic carbocycles. The first-order valence-electron chi connectivity index (χ1n) is 9.19. The molecule has 2 heterocycles. The van der Waals surface area contributed by atoms with Gasteiger partial charge in [-0.25, -0.2) is 4.79 Å². The van der Waals surface area contributed by atoms with Crippen LogP contribution in [0.25, 0.3) is 10.9 Å². The zero-order valence-electron chi connectivity index (χ0n) is 17.2. The first-order chi connectivity index (χ1) is 13.5. The third kappa shape index (κ3) is 4.70. The van der Waals surface area contributed by atoms with E-state index in [1.54, 1.807) is 6.07 Å². The van der Waals surface area contributed by atoms with E-state index in [1.807, 2.05) is 36.4 Å². The molecule has 1 aliphatic rings. The van der Waals surface area contributed by atoms with E-state index >= 15 is 0 Å². The minimum Gasteiger partial charge on any atom is -1.00 e. The van der Waals surface area contributed by atoms with Crippen molar-refractivity contribution in [3.05, 3.63) is 63.8 Å². The smallest absolute Gasteiger partial charge is 1.00 e. The van der Waals surface area contributed by atoms with Crippen LogP contribution in [-0.2, 0) is 19.4 Å². The van der Waals surface area contributed by atoms with E-state index in [4.69, 9.17) is 27.9 Å². The number of carbonyl (C=O) groups is 1. The van der Waals surface area contributed by atoms with Crippen LogP contribution in [0.15, 0.2) is 42.5 Å². The first-order valence-corrected chi connectivity index (χ1v) is 9.95. The van der Waals surface area contributed by atoms with E-state index in [0.29, 0.717) is 49.1 Å². The Morgan fingerprint density at radius 1 is 1.14 bits per heavy atom. The van der Waals surface area contributed by atoms with E-state index < -0.39 is 6.09 Å². The van der Waals surface area contributed by atoms with E-state index in [9.17, 15) is 9.90 Å². The van der Waals surface area contributed by atoms with Crippen molar-refractivity contribution >= 4 is 40.2 Å². The third-order valence-electron chi connectivity index (χ3n) is 5.15. The fourth-order valence-corrected chi connectivity index (χ4v) is 4.49. The summed E-state index contributed by atoms with van der Waals surface area (Å²) in [7, 11) is 0. The summed E-state index contributed by atoms with van der Waals surface area (Å²) in [5, 5.41) is 11.5. The van der Waals surface area contributed by atoms with Crippen LogP contribution in [0.3, 0.4) is 0 Å². The molecule has 1 aromatic heterocycles. The number of benzene rings is 2. The number of aromatic nitrogens is 1. The van der Waals surface area contributed by atoms with Gasteiger partial charge in [-0.3, -0.25) is 0 Å². The minimum absolute atomic E-state index is 0. The van der Waals surface area contributed by atoms with Gasteiger partial charge in [0.2, 0.25) is 0 Å². The van der Waals surface area contributed by atoms with Crippen LogP contribution in [0.5, 0.6) is 5.75 Å². The van der Waals surface area contributed by atoms with Crippen molar-refractivity contribution in [3.63, 3.8) is 0 Å². The molecule has 29 heavy (non-hydrogen) atoms. The number of para-hydroxylation sites is 1. The third-order valence-corrected chi connectivity index (χ3v) is 5.66. The predicted octanol–water partition coefficient (Wildman–Crippen LogP) is 2.22. The molecule has 0 saturated heterocycles. The fourth-order valence-electron chi connectivity index (χ4n) is 3.90. The molecule has 8 heteroatoms. The van der Waals surface area contributed by atoms with Crippen LogP contribution in [0.4, 0.5) is 4.79 Å².